The number of carbonyl (C=O) groups excluding carboxylic acids is 3. The number of para-hydroxylation sites is 1. The van der Waals surface area contributed by atoms with Crippen molar-refractivity contribution in [3.05, 3.63) is 65.4 Å². The van der Waals surface area contributed by atoms with Gasteiger partial charge >= 0.3 is 11.9 Å². The third-order valence-electron chi connectivity index (χ3n) is 7.75. The fourth-order valence-corrected chi connectivity index (χ4v) is 5.39. The first-order chi connectivity index (χ1) is 20.0. The van der Waals surface area contributed by atoms with Gasteiger partial charge in [0.2, 0.25) is 5.91 Å². The molecule has 2 aromatic carbocycles. The number of hydrogen-bond donors (Lipinski definition) is 3. The lowest BCUT2D eigenvalue weighted by atomic mass is 10.0. The molecule has 0 spiro atoms. The number of benzene rings is 2. The van der Waals surface area contributed by atoms with Crippen LogP contribution in [0.1, 0.15) is 36.0 Å². The van der Waals surface area contributed by atoms with Crippen LogP contribution in [0.3, 0.4) is 0 Å². The lowest BCUT2D eigenvalue weighted by molar-refractivity contribution is -0.146. The minimum Gasteiger partial charge on any atom is -0.463 e. The second-order valence-electron chi connectivity index (χ2n) is 10.7. The molecule has 3 aromatic rings. The largest absolute Gasteiger partial charge is 0.463 e. The lowest BCUT2D eigenvalue weighted by Crippen LogP contribution is -2.45. The molecule has 10 heteroatoms. The van der Waals surface area contributed by atoms with Gasteiger partial charge in [0.25, 0.3) is 0 Å². The summed E-state index contributed by atoms with van der Waals surface area (Å²) in [4.78, 5) is 44.0. The number of aromatic nitrogens is 1. The molecule has 218 valence electrons. The number of nitrogens with one attached hydrogen (secondary N) is 2. The summed E-state index contributed by atoms with van der Waals surface area (Å²) in [5.41, 5.74) is 10.3. The molecule has 41 heavy (non-hydrogen) atoms. The van der Waals surface area contributed by atoms with E-state index in [0.717, 1.165) is 48.8 Å². The molecule has 0 radical (unpaired) electrons. The number of morpholine rings is 1. The Labute approximate surface area is 239 Å². The number of fused-ring (bicyclic) bond motifs is 2. The topological polar surface area (TPSA) is 136 Å². The number of carbonyl (C=O) groups is 3. The summed E-state index contributed by atoms with van der Waals surface area (Å²) in [6, 6.07) is 11.6. The van der Waals surface area contributed by atoms with E-state index in [1.807, 2.05) is 42.6 Å². The Morgan fingerprint density at radius 3 is 2.71 bits per heavy atom. The van der Waals surface area contributed by atoms with E-state index in [2.05, 4.69) is 15.2 Å². The Hall–Kier alpha value is -3.73. The van der Waals surface area contributed by atoms with Gasteiger partial charge in [-0.25, -0.2) is 4.79 Å². The predicted octanol–water partition coefficient (Wildman–Crippen LogP) is 2.27. The van der Waals surface area contributed by atoms with Gasteiger partial charge in [0.05, 0.1) is 13.2 Å². The summed E-state index contributed by atoms with van der Waals surface area (Å²) in [6.07, 6.45) is 5.25. The second-order valence-corrected chi connectivity index (χ2v) is 10.7. The van der Waals surface area contributed by atoms with Gasteiger partial charge in [-0.15, -0.1) is 0 Å². The SMILES string of the molecule is N[C@H](CCC(=O)N[C@H](Cc1c[nH]c2ccccc12)C(=O)Oc1ccc2c(c1)CCC2)C(=O)OCCN1CCOCC1. The van der Waals surface area contributed by atoms with Gasteiger partial charge < -0.3 is 30.2 Å². The maximum Gasteiger partial charge on any atom is 0.334 e. The molecule has 1 aromatic heterocycles. The Kier molecular flexibility index (Phi) is 9.66. The van der Waals surface area contributed by atoms with E-state index in [1.54, 1.807) is 6.07 Å². The van der Waals surface area contributed by atoms with Crippen LogP contribution in [0.2, 0.25) is 0 Å². The Morgan fingerprint density at radius 1 is 1.05 bits per heavy atom. The number of nitrogens with two attached hydrogens (primary N) is 1. The molecular weight excluding hydrogens is 524 g/mol. The van der Waals surface area contributed by atoms with E-state index < -0.39 is 29.9 Å². The van der Waals surface area contributed by atoms with E-state index >= 15 is 0 Å². The number of rotatable bonds is 12. The molecule has 1 amide bonds. The van der Waals surface area contributed by atoms with Crippen LogP contribution in [0.5, 0.6) is 5.75 Å². The van der Waals surface area contributed by atoms with E-state index in [1.165, 1.54) is 11.1 Å². The minimum absolute atomic E-state index is 0.0315. The number of aryl methyl sites for hydroxylation is 2. The molecule has 0 bridgehead atoms. The van der Waals surface area contributed by atoms with Crippen LogP contribution >= 0.6 is 0 Å². The summed E-state index contributed by atoms with van der Waals surface area (Å²) in [5, 5.41) is 3.79. The fourth-order valence-electron chi connectivity index (χ4n) is 5.39. The number of ether oxygens (including phenoxy) is 3. The molecule has 10 nitrogen and oxygen atoms in total. The zero-order valence-corrected chi connectivity index (χ0v) is 23.2. The van der Waals surface area contributed by atoms with Crippen LogP contribution in [-0.4, -0.2) is 79.3 Å². The van der Waals surface area contributed by atoms with Crippen molar-refractivity contribution in [1.82, 2.24) is 15.2 Å². The zero-order valence-electron chi connectivity index (χ0n) is 23.2. The van der Waals surface area contributed by atoms with Crippen molar-refractivity contribution in [2.24, 2.45) is 5.73 Å². The van der Waals surface area contributed by atoms with E-state index in [4.69, 9.17) is 19.9 Å². The molecule has 5 rings (SSSR count). The number of hydrogen-bond acceptors (Lipinski definition) is 8. The average molecular weight is 563 g/mol. The first-order valence-corrected chi connectivity index (χ1v) is 14.4. The molecule has 0 saturated carbocycles. The van der Waals surface area contributed by atoms with Crippen molar-refractivity contribution < 1.29 is 28.6 Å². The van der Waals surface area contributed by atoms with Gasteiger partial charge in [-0.1, -0.05) is 24.3 Å². The van der Waals surface area contributed by atoms with Gasteiger partial charge in [0, 0.05) is 49.6 Å². The molecule has 1 aliphatic heterocycles. The molecule has 2 aliphatic rings. The molecule has 2 heterocycles. The predicted molar refractivity (Wildman–Crippen MR) is 153 cm³/mol. The fraction of sp³-hybridized carbons (Fsp3) is 0.452. The smallest absolute Gasteiger partial charge is 0.334 e. The van der Waals surface area contributed by atoms with E-state index in [9.17, 15) is 14.4 Å². The molecule has 4 N–H and O–H groups in total. The number of nitrogens with zero attached hydrogens (tertiary/aromatic N) is 1. The standard InChI is InChI=1S/C31H38N4O6/c32-26(30(37)40-17-14-35-12-15-39-16-13-35)10-11-29(36)34-28(19-23-20-33-27-7-2-1-6-25(23)27)31(38)41-24-9-8-21-4-3-5-22(21)18-24/h1-2,6-9,18,20,26,28,33H,3-5,10-17,19,32H2,(H,34,36)/t26-,28-/m1/s1. The highest BCUT2D eigenvalue weighted by Crippen LogP contribution is 2.26. The maximum atomic E-state index is 13.3. The van der Waals surface area contributed by atoms with Crippen molar-refractivity contribution in [2.45, 2.75) is 50.6 Å². The van der Waals surface area contributed by atoms with Crippen LogP contribution in [0.25, 0.3) is 10.9 Å². The minimum atomic E-state index is -0.934. The van der Waals surface area contributed by atoms with Gasteiger partial charge in [-0.2, -0.15) is 0 Å². The first kappa shape index (κ1) is 28.8. The lowest BCUT2D eigenvalue weighted by Gasteiger charge is -2.26. The van der Waals surface area contributed by atoms with Crippen LogP contribution in [0.4, 0.5) is 0 Å². The van der Waals surface area contributed by atoms with Crippen molar-refractivity contribution in [3.8, 4) is 5.75 Å². The van der Waals surface area contributed by atoms with Gasteiger partial charge in [0.15, 0.2) is 0 Å². The molecule has 1 fully saturated rings. The van der Waals surface area contributed by atoms with Crippen LogP contribution < -0.4 is 15.8 Å². The summed E-state index contributed by atoms with van der Waals surface area (Å²) in [6.45, 7) is 3.80. The number of amides is 1. The quantitative estimate of drug-likeness (QED) is 0.226. The Balaban J connectivity index is 1.17. The normalized spacial score (nSPS) is 16.6. The van der Waals surface area contributed by atoms with Crippen LogP contribution in [-0.2, 0) is 43.1 Å². The van der Waals surface area contributed by atoms with Crippen molar-refractivity contribution in [2.75, 3.05) is 39.5 Å². The Morgan fingerprint density at radius 2 is 1.85 bits per heavy atom. The van der Waals surface area contributed by atoms with Crippen molar-refractivity contribution >= 4 is 28.7 Å². The van der Waals surface area contributed by atoms with Crippen molar-refractivity contribution in [1.29, 1.82) is 0 Å². The van der Waals surface area contributed by atoms with Gasteiger partial charge in [-0.05, 0) is 60.6 Å². The van der Waals surface area contributed by atoms with Crippen molar-refractivity contribution in [3.63, 3.8) is 0 Å². The highest BCUT2D eigenvalue weighted by Gasteiger charge is 2.26. The third kappa shape index (κ3) is 7.72. The summed E-state index contributed by atoms with van der Waals surface area (Å²) in [5.74, 6) is -1.01. The monoisotopic (exact) mass is 562 g/mol. The molecule has 1 saturated heterocycles. The maximum absolute atomic E-state index is 13.3. The number of esters is 2. The molecule has 0 unspecified atom stereocenters. The highest BCUT2D eigenvalue weighted by atomic mass is 16.5. The van der Waals surface area contributed by atoms with Gasteiger partial charge in [0.1, 0.15) is 24.4 Å². The highest BCUT2D eigenvalue weighted by molar-refractivity contribution is 5.88. The van der Waals surface area contributed by atoms with Gasteiger partial charge in [-0.3, -0.25) is 14.5 Å². The summed E-state index contributed by atoms with van der Waals surface area (Å²) in [7, 11) is 0. The third-order valence-corrected chi connectivity index (χ3v) is 7.75. The van der Waals surface area contributed by atoms with Crippen LogP contribution in [0.15, 0.2) is 48.7 Å². The Bertz CT molecular complexity index is 1370. The molecule has 1 aliphatic carbocycles. The van der Waals surface area contributed by atoms with E-state index in [-0.39, 0.29) is 25.9 Å². The second kappa shape index (κ2) is 13.8. The molecule has 2 atom stereocenters. The summed E-state index contributed by atoms with van der Waals surface area (Å²) >= 11 is 0. The summed E-state index contributed by atoms with van der Waals surface area (Å²) < 4.78 is 16.4. The number of aromatic amines is 1. The number of H-pyrrole nitrogens is 1. The van der Waals surface area contributed by atoms with E-state index in [0.29, 0.717) is 25.5 Å². The first-order valence-electron chi connectivity index (χ1n) is 14.4. The average Bonchev–Trinajstić information content (AvgIpc) is 3.63. The molecular formula is C31H38N4O6. The zero-order chi connectivity index (χ0) is 28.6. The van der Waals surface area contributed by atoms with Crippen LogP contribution in [0, 0.1) is 0 Å².